The van der Waals surface area contributed by atoms with Crippen LogP contribution in [0.15, 0.2) is 54.6 Å². The Morgan fingerprint density at radius 3 is 2.31 bits per heavy atom. The van der Waals surface area contributed by atoms with Gasteiger partial charge in [-0.1, -0.05) is 42.5 Å². The fourth-order valence-electron chi connectivity index (χ4n) is 2.55. The van der Waals surface area contributed by atoms with Crippen LogP contribution in [0.5, 0.6) is 5.75 Å². The average molecular weight is 393 g/mol. The first-order chi connectivity index (χ1) is 12.4. The molecule has 0 spiro atoms. The first kappa shape index (κ1) is 20.5. The Morgan fingerprint density at radius 1 is 1.08 bits per heavy atom. The van der Waals surface area contributed by atoms with Crippen molar-refractivity contribution < 1.29 is 17.9 Å². The zero-order valence-corrected chi connectivity index (χ0v) is 16.7. The molecule has 2 aromatic carbocycles. The molecule has 0 amide bonds. The molecule has 0 saturated heterocycles. The molecule has 0 N–H and O–H groups in total. The van der Waals surface area contributed by atoms with E-state index in [2.05, 4.69) is 0 Å². The molecule has 1 atom stereocenters. The molecule has 4 nitrogen and oxygen atoms in total. The number of sulfone groups is 1. The van der Waals surface area contributed by atoms with Gasteiger partial charge in [0.25, 0.3) is 0 Å². The smallest absolute Gasteiger partial charge is 0.164 e. The quantitative estimate of drug-likeness (QED) is 0.448. The van der Waals surface area contributed by atoms with Crippen LogP contribution in [0.1, 0.15) is 34.0 Å². The van der Waals surface area contributed by atoms with Crippen LogP contribution in [0.2, 0.25) is 0 Å². The Balaban J connectivity index is 2.08. The molecule has 0 heterocycles. The molecule has 0 bridgehead atoms. The lowest BCUT2D eigenvalue weighted by atomic mass is 10.0. The molecule has 0 aromatic heterocycles. The number of hydrogen-bond acceptors (Lipinski definition) is 5. The summed E-state index contributed by atoms with van der Waals surface area (Å²) in [7, 11) is -1.34. The Morgan fingerprint density at radius 2 is 1.73 bits per heavy atom. The molecule has 0 aliphatic heterocycles. The predicted octanol–water partition coefficient (Wildman–Crippen LogP) is 4.18. The number of ether oxygens (including phenoxy) is 1. The summed E-state index contributed by atoms with van der Waals surface area (Å²) in [5.41, 5.74) is 1.74. The van der Waals surface area contributed by atoms with Crippen LogP contribution in [-0.2, 0) is 9.84 Å². The maximum absolute atomic E-state index is 12.6. The van der Waals surface area contributed by atoms with Crippen molar-refractivity contribution in [1.29, 1.82) is 0 Å². The largest absolute Gasteiger partial charge is 0.497 e. The van der Waals surface area contributed by atoms with Gasteiger partial charge >= 0.3 is 0 Å². The van der Waals surface area contributed by atoms with Crippen LogP contribution in [0, 0.1) is 0 Å². The highest BCUT2D eigenvalue weighted by atomic mass is 32.2. The lowest BCUT2D eigenvalue weighted by Gasteiger charge is -2.17. The monoisotopic (exact) mass is 392 g/mol. The normalized spacial score (nSPS) is 12.5. The maximum Gasteiger partial charge on any atom is 0.164 e. The van der Waals surface area contributed by atoms with Gasteiger partial charge in [-0.05, 0) is 29.9 Å². The topological polar surface area (TPSA) is 60.4 Å². The maximum atomic E-state index is 12.6. The molecular formula is C20H24O4S2. The van der Waals surface area contributed by atoms with Gasteiger partial charge in [-0.3, -0.25) is 4.79 Å². The number of benzene rings is 2. The summed E-state index contributed by atoms with van der Waals surface area (Å²) < 4.78 is 27.8. The first-order valence-electron chi connectivity index (χ1n) is 8.40. The highest BCUT2D eigenvalue weighted by Gasteiger charge is 2.18. The van der Waals surface area contributed by atoms with Gasteiger partial charge in [0.05, 0.1) is 12.9 Å². The van der Waals surface area contributed by atoms with Crippen molar-refractivity contribution in [2.24, 2.45) is 0 Å². The molecule has 0 radical (unpaired) electrons. The molecule has 0 fully saturated rings. The van der Waals surface area contributed by atoms with Crippen molar-refractivity contribution in [1.82, 2.24) is 0 Å². The van der Waals surface area contributed by atoms with Crippen molar-refractivity contribution in [3.63, 3.8) is 0 Å². The van der Waals surface area contributed by atoms with Crippen molar-refractivity contribution in [2.45, 2.75) is 18.1 Å². The second kappa shape index (κ2) is 9.78. The van der Waals surface area contributed by atoms with E-state index in [1.165, 1.54) is 6.26 Å². The standard InChI is InChI=1S/C20H24O4S2/c1-24-18-11-9-17(10-12-18)20(25-13-6-14-26(2,22)23)15-19(21)16-7-4-3-5-8-16/h3-5,7-12,20H,6,13-15H2,1-2H3. The van der Waals surface area contributed by atoms with Gasteiger partial charge in [-0.25, -0.2) is 8.42 Å². The van der Waals surface area contributed by atoms with Crippen LogP contribution in [0.3, 0.4) is 0 Å². The summed E-state index contributed by atoms with van der Waals surface area (Å²) in [6.07, 6.45) is 2.20. The minimum absolute atomic E-state index is 0.0202. The van der Waals surface area contributed by atoms with Gasteiger partial charge < -0.3 is 4.74 Å². The molecule has 0 saturated carbocycles. The molecular weight excluding hydrogens is 368 g/mol. The van der Waals surface area contributed by atoms with Crippen LogP contribution in [-0.4, -0.2) is 39.1 Å². The molecule has 0 aliphatic rings. The number of rotatable bonds is 10. The average Bonchev–Trinajstić information content (AvgIpc) is 2.64. The van der Waals surface area contributed by atoms with E-state index in [0.717, 1.165) is 11.3 Å². The highest BCUT2D eigenvalue weighted by Crippen LogP contribution is 2.34. The molecule has 140 valence electrons. The summed E-state index contributed by atoms with van der Waals surface area (Å²) in [6, 6.07) is 16.9. The van der Waals surface area contributed by atoms with Crippen molar-refractivity contribution in [2.75, 3.05) is 24.9 Å². The summed E-state index contributed by atoms with van der Waals surface area (Å²) in [5, 5.41) is -0.0202. The minimum Gasteiger partial charge on any atom is -0.497 e. The molecule has 6 heteroatoms. The van der Waals surface area contributed by atoms with Crippen LogP contribution in [0.4, 0.5) is 0 Å². The lowest BCUT2D eigenvalue weighted by Crippen LogP contribution is -2.08. The molecule has 1 unspecified atom stereocenters. The van der Waals surface area contributed by atoms with E-state index in [1.54, 1.807) is 18.9 Å². The fourth-order valence-corrected chi connectivity index (χ4v) is 4.61. The van der Waals surface area contributed by atoms with Crippen LogP contribution in [0.25, 0.3) is 0 Å². The number of carbonyl (C=O) groups is 1. The van der Waals surface area contributed by atoms with Crippen LogP contribution < -0.4 is 4.74 Å². The third-order valence-corrected chi connectivity index (χ3v) is 6.33. The number of hydrogen-bond donors (Lipinski definition) is 0. The Kier molecular flexibility index (Phi) is 7.72. The van der Waals surface area contributed by atoms with Gasteiger partial charge in [-0.15, -0.1) is 0 Å². The first-order valence-corrected chi connectivity index (χ1v) is 11.5. The van der Waals surface area contributed by atoms with E-state index >= 15 is 0 Å². The zero-order valence-electron chi connectivity index (χ0n) is 15.1. The van der Waals surface area contributed by atoms with Gasteiger partial charge in [-0.2, -0.15) is 11.8 Å². The van der Waals surface area contributed by atoms with E-state index in [1.807, 2.05) is 54.6 Å². The van der Waals surface area contributed by atoms with Gasteiger partial charge in [0, 0.05) is 23.5 Å². The Labute approximate surface area is 159 Å². The third kappa shape index (κ3) is 6.84. The number of Topliss-reactive ketones (excluding diaryl/α,β-unsaturated/α-hetero) is 1. The SMILES string of the molecule is COc1ccc(C(CC(=O)c2ccccc2)SCCCS(C)(=O)=O)cc1. The minimum atomic E-state index is -2.96. The van der Waals surface area contributed by atoms with E-state index in [9.17, 15) is 13.2 Å². The second-order valence-electron chi connectivity index (χ2n) is 6.11. The lowest BCUT2D eigenvalue weighted by molar-refractivity contribution is 0.0982. The molecule has 2 aromatic rings. The van der Waals surface area contributed by atoms with E-state index in [-0.39, 0.29) is 16.8 Å². The third-order valence-electron chi connectivity index (χ3n) is 3.93. The number of carbonyl (C=O) groups excluding carboxylic acids is 1. The number of methoxy groups -OCH3 is 1. The van der Waals surface area contributed by atoms with Crippen molar-refractivity contribution in [3.05, 3.63) is 65.7 Å². The number of ketones is 1. The van der Waals surface area contributed by atoms with E-state index in [4.69, 9.17) is 4.74 Å². The van der Waals surface area contributed by atoms with E-state index < -0.39 is 9.84 Å². The second-order valence-corrected chi connectivity index (χ2v) is 9.68. The molecule has 0 aliphatic carbocycles. The van der Waals surface area contributed by atoms with E-state index in [0.29, 0.717) is 24.2 Å². The predicted molar refractivity (Wildman–Crippen MR) is 108 cm³/mol. The Bertz CT molecular complexity index is 799. The van der Waals surface area contributed by atoms with Gasteiger partial charge in [0.15, 0.2) is 5.78 Å². The number of thioether (sulfide) groups is 1. The molecule has 2 rings (SSSR count). The summed E-state index contributed by atoms with van der Waals surface area (Å²) >= 11 is 1.63. The zero-order chi connectivity index (χ0) is 19.0. The summed E-state index contributed by atoms with van der Waals surface area (Å²) in [4.78, 5) is 12.6. The van der Waals surface area contributed by atoms with Crippen LogP contribution >= 0.6 is 11.8 Å². The van der Waals surface area contributed by atoms with Crippen molar-refractivity contribution in [3.8, 4) is 5.75 Å². The summed E-state index contributed by atoms with van der Waals surface area (Å²) in [5.74, 6) is 1.71. The Hall–Kier alpha value is -1.79. The highest BCUT2D eigenvalue weighted by molar-refractivity contribution is 7.99. The summed E-state index contributed by atoms with van der Waals surface area (Å²) in [6.45, 7) is 0. The van der Waals surface area contributed by atoms with Gasteiger partial charge in [0.2, 0.25) is 0 Å². The van der Waals surface area contributed by atoms with Gasteiger partial charge in [0.1, 0.15) is 15.6 Å². The fraction of sp³-hybridized carbons (Fsp3) is 0.350. The van der Waals surface area contributed by atoms with Crippen molar-refractivity contribution >= 4 is 27.4 Å². The molecule has 26 heavy (non-hydrogen) atoms.